The molecular formula is C28H20Cl3N3O5S2. The monoisotopic (exact) mass is 647 g/mol. The zero-order chi connectivity index (χ0) is 29.3. The number of aromatic hydroxyl groups is 1. The van der Waals surface area contributed by atoms with Crippen molar-refractivity contribution in [1.29, 1.82) is 0 Å². The molecular weight excluding hydrogens is 629 g/mol. The maximum absolute atomic E-state index is 13.5. The molecule has 0 spiro atoms. The van der Waals surface area contributed by atoms with Crippen molar-refractivity contribution in [3.63, 3.8) is 0 Å². The van der Waals surface area contributed by atoms with Gasteiger partial charge in [-0.2, -0.15) is 0 Å². The summed E-state index contributed by atoms with van der Waals surface area (Å²) in [6.45, 7) is 2.03. The first-order valence-corrected chi connectivity index (χ1v) is 15.0. The van der Waals surface area contributed by atoms with Gasteiger partial charge in [-0.15, -0.1) is 10.2 Å². The van der Waals surface area contributed by atoms with Crippen LogP contribution in [0.1, 0.15) is 29.7 Å². The zero-order valence-electron chi connectivity index (χ0n) is 21.2. The molecule has 13 heteroatoms. The van der Waals surface area contributed by atoms with Crippen LogP contribution in [0.2, 0.25) is 15.1 Å². The van der Waals surface area contributed by atoms with Crippen LogP contribution >= 0.6 is 57.9 Å². The van der Waals surface area contributed by atoms with Crippen LogP contribution in [0.3, 0.4) is 0 Å². The Labute approximate surface area is 258 Å². The molecule has 0 saturated carbocycles. The van der Waals surface area contributed by atoms with Gasteiger partial charge < -0.3 is 14.9 Å². The standard InChI is InChI=1S/C28H20Cl3N3O5S2/c1-2-39-21-11-15(6-10-20(21)35)23-22(24(36)14-3-7-17(29)8-4-14)25(37)26(38)34(23)27-32-33-28(41-27)40-13-16-5-9-18(30)12-19(16)31/h3-12,23,35-36H,2,13H2,1H3/b24-22-. The van der Waals surface area contributed by atoms with Gasteiger partial charge in [0.2, 0.25) is 5.13 Å². The molecule has 4 aromatic rings. The number of ketones is 1. The van der Waals surface area contributed by atoms with Gasteiger partial charge >= 0.3 is 5.91 Å². The van der Waals surface area contributed by atoms with E-state index in [4.69, 9.17) is 39.5 Å². The number of aromatic nitrogens is 2. The summed E-state index contributed by atoms with van der Waals surface area (Å²) in [5.74, 6) is -1.64. The number of Topliss-reactive ketones (excluding diaryl/α,β-unsaturated/α-hetero) is 1. The van der Waals surface area contributed by atoms with Crippen molar-refractivity contribution in [2.24, 2.45) is 0 Å². The van der Waals surface area contributed by atoms with E-state index < -0.39 is 17.7 Å². The van der Waals surface area contributed by atoms with Crippen molar-refractivity contribution < 1.29 is 24.5 Å². The van der Waals surface area contributed by atoms with Crippen molar-refractivity contribution in [2.75, 3.05) is 11.5 Å². The molecule has 1 aromatic heterocycles. The second-order valence-electron chi connectivity index (χ2n) is 8.71. The second kappa shape index (κ2) is 12.3. The molecule has 1 atom stereocenters. The fourth-order valence-corrected chi connectivity index (χ4v) is 6.77. The normalized spacial score (nSPS) is 16.4. The molecule has 0 radical (unpaired) electrons. The first-order valence-electron chi connectivity index (χ1n) is 12.1. The molecule has 2 heterocycles. The van der Waals surface area contributed by atoms with Crippen LogP contribution < -0.4 is 9.64 Å². The Balaban J connectivity index is 1.56. The Bertz CT molecular complexity index is 1680. The molecule has 210 valence electrons. The number of hydrogen-bond donors (Lipinski definition) is 2. The maximum Gasteiger partial charge on any atom is 0.301 e. The average molecular weight is 649 g/mol. The lowest BCUT2D eigenvalue weighted by molar-refractivity contribution is -0.132. The highest BCUT2D eigenvalue weighted by atomic mass is 35.5. The highest BCUT2D eigenvalue weighted by Gasteiger charge is 2.48. The number of phenols is 1. The highest BCUT2D eigenvalue weighted by Crippen LogP contribution is 2.45. The van der Waals surface area contributed by atoms with Gasteiger partial charge in [0.15, 0.2) is 15.8 Å². The van der Waals surface area contributed by atoms with Gasteiger partial charge in [-0.3, -0.25) is 14.5 Å². The molecule has 1 aliphatic heterocycles. The summed E-state index contributed by atoms with van der Waals surface area (Å²) in [5, 5.41) is 31.6. The van der Waals surface area contributed by atoms with E-state index in [0.29, 0.717) is 36.3 Å². The van der Waals surface area contributed by atoms with Crippen LogP contribution in [0.5, 0.6) is 11.5 Å². The maximum atomic E-state index is 13.5. The number of thioether (sulfide) groups is 1. The minimum absolute atomic E-state index is 0.110. The summed E-state index contributed by atoms with van der Waals surface area (Å²) in [5.41, 5.74) is 1.41. The van der Waals surface area contributed by atoms with E-state index in [1.54, 1.807) is 49.4 Å². The van der Waals surface area contributed by atoms with Gasteiger partial charge in [-0.05, 0) is 66.6 Å². The number of aliphatic hydroxyl groups excluding tert-OH is 1. The number of phenolic OH excluding ortho intramolecular Hbond substituents is 1. The van der Waals surface area contributed by atoms with Crippen molar-refractivity contribution in [3.8, 4) is 11.5 Å². The number of hydrogen-bond acceptors (Lipinski definition) is 9. The molecule has 41 heavy (non-hydrogen) atoms. The van der Waals surface area contributed by atoms with Crippen LogP contribution in [0.4, 0.5) is 5.13 Å². The average Bonchev–Trinajstić information content (AvgIpc) is 3.51. The number of anilines is 1. The van der Waals surface area contributed by atoms with Crippen LogP contribution in [0.25, 0.3) is 5.76 Å². The number of ether oxygens (including phenoxy) is 1. The molecule has 8 nitrogen and oxygen atoms in total. The first kappa shape index (κ1) is 29.2. The fraction of sp³-hybridized carbons (Fsp3) is 0.143. The number of benzene rings is 3. The van der Waals surface area contributed by atoms with E-state index in [-0.39, 0.29) is 34.6 Å². The Kier molecular flexibility index (Phi) is 8.77. The summed E-state index contributed by atoms with van der Waals surface area (Å²) >= 11 is 20.8. The number of carbonyl (C=O) groups excluding carboxylic acids is 2. The Morgan fingerprint density at radius 2 is 1.76 bits per heavy atom. The van der Waals surface area contributed by atoms with E-state index >= 15 is 0 Å². The van der Waals surface area contributed by atoms with Gasteiger partial charge in [0.05, 0.1) is 18.2 Å². The minimum Gasteiger partial charge on any atom is -0.507 e. The molecule has 1 aliphatic rings. The Morgan fingerprint density at radius 3 is 2.46 bits per heavy atom. The number of carbonyl (C=O) groups is 2. The minimum atomic E-state index is -1.08. The van der Waals surface area contributed by atoms with E-state index in [9.17, 15) is 19.8 Å². The number of aliphatic hydroxyl groups is 1. The predicted octanol–water partition coefficient (Wildman–Crippen LogP) is 7.52. The van der Waals surface area contributed by atoms with Crippen molar-refractivity contribution in [3.05, 3.63) is 98.0 Å². The van der Waals surface area contributed by atoms with E-state index in [1.165, 1.54) is 28.8 Å². The van der Waals surface area contributed by atoms with Gasteiger partial charge in [0.25, 0.3) is 5.78 Å². The van der Waals surface area contributed by atoms with Crippen LogP contribution in [0.15, 0.2) is 70.6 Å². The topological polar surface area (TPSA) is 113 Å². The summed E-state index contributed by atoms with van der Waals surface area (Å²) in [6, 6.07) is 14.8. The molecule has 5 rings (SSSR count). The molecule has 1 saturated heterocycles. The summed E-state index contributed by atoms with van der Waals surface area (Å²) in [6.07, 6.45) is 0. The van der Waals surface area contributed by atoms with E-state index in [0.717, 1.165) is 16.9 Å². The van der Waals surface area contributed by atoms with Gasteiger partial charge in [-0.1, -0.05) is 70.0 Å². The Hall–Kier alpha value is -3.28. The first-order chi connectivity index (χ1) is 19.7. The summed E-state index contributed by atoms with van der Waals surface area (Å²) in [4.78, 5) is 28.1. The van der Waals surface area contributed by atoms with Gasteiger partial charge in [0, 0.05) is 26.4 Å². The van der Waals surface area contributed by atoms with Crippen molar-refractivity contribution in [2.45, 2.75) is 23.1 Å². The molecule has 2 N–H and O–H groups in total. The number of halogens is 3. The predicted molar refractivity (Wildman–Crippen MR) is 161 cm³/mol. The Morgan fingerprint density at radius 1 is 1.02 bits per heavy atom. The van der Waals surface area contributed by atoms with E-state index in [1.807, 2.05) is 6.07 Å². The van der Waals surface area contributed by atoms with Gasteiger partial charge in [0.1, 0.15) is 5.76 Å². The lowest BCUT2D eigenvalue weighted by Gasteiger charge is -2.23. The third-order valence-corrected chi connectivity index (χ3v) is 9.07. The summed E-state index contributed by atoms with van der Waals surface area (Å²) in [7, 11) is 0. The third kappa shape index (κ3) is 6.02. The SMILES string of the molecule is CCOc1cc(C2/C(=C(/O)c3ccc(Cl)cc3)C(=O)C(=O)N2c2nnc(SCc3ccc(Cl)cc3Cl)s2)ccc1O. The van der Waals surface area contributed by atoms with Gasteiger partial charge in [-0.25, -0.2) is 0 Å². The van der Waals surface area contributed by atoms with E-state index in [2.05, 4.69) is 10.2 Å². The van der Waals surface area contributed by atoms with Crippen LogP contribution in [-0.2, 0) is 15.3 Å². The molecule has 3 aromatic carbocycles. The van der Waals surface area contributed by atoms with Crippen LogP contribution in [0, 0.1) is 0 Å². The lowest BCUT2D eigenvalue weighted by Crippen LogP contribution is -2.29. The highest BCUT2D eigenvalue weighted by molar-refractivity contribution is 8.00. The number of amides is 1. The zero-order valence-corrected chi connectivity index (χ0v) is 25.1. The molecule has 0 aliphatic carbocycles. The number of nitrogens with zero attached hydrogens (tertiary/aromatic N) is 3. The molecule has 0 bridgehead atoms. The lowest BCUT2D eigenvalue weighted by atomic mass is 9.95. The molecule has 1 unspecified atom stereocenters. The van der Waals surface area contributed by atoms with Crippen molar-refractivity contribution in [1.82, 2.24) is 10.2 Å². The largest absolute Gasteiger partial charge is 0.507 e. The fourth-order valence-electron chi connectivity index (χ4n) is 4.22. The summed E-state index contributed by atoms with van der Waals surface area (Å²) < 4.78 is 6.07. The molecule has 1 amide bonds. The van der Waals surface area contributed by atoms with Crippen molar-refractivity contribution >= 4 is 80.5 Å². The number of rotatable bonds is 8. The smallest absolute Gasteiger partial charge is 0.301 e. The second-order valence-corrected chi connectivity index (χ2v) is 12.2. The quantitative estimate of drug-likeness (QED) is 0.0663. The third-order valence-electron chi connectivity index (χ3n) is 6.13. The van der Waals surface area contributed by atoms with Crippen LogP contribution in [-0.4, -0.2) is 38.7 Å². The molecule has 1 fully saturated rings.